The van der Waals surface area contributed by atoms with E-state index < -0.39 is 21.4 Å². The summed E-state index contributed by atoms with van der Waals surface area (Å²) in [5.74, 6) is -0.327. The molecule has 3 atom stereocenters. The Morgan fingerprint density at radius 1 is 1.42 bits per heavy atom. The van der Waals surface area contributed by atoms with Crippen LogP contribution in [0.4, 0.5) is 0 Å². The molecule has 2 heterocycles. The minimum atomic E-state index is -3.08. The average molecular weight is 288 g/mol. The monoisotopic (exact) mass is 288 g/mol. The molecular weight excluding hydrogens is 268 g/mol. The van der Waals surface area contributed by atoms with Crippen LogP contribution in [0.1, 0.15) is 33.6 Å². The number of hydrogen-bond acceptors (Lipinski definition) is 4. The zero-order valence-corrected chi connectivity index (χ0v) is 12.3. The Morgan fingerprint density at radius 3 is 2.53 bits per heavy atom. The van der Waals surface area contributed by atoms with E-state index in [2.05, 4.69) is 5.32 Å². The van der Waals surface area contributed by atoms with E-state index in [1.807, 2.05) is 6.92 Å². The van der Waals surface area contributed by atoms with Gasteiger partial charge in [-0.1, -0.05) is 6.92 Å². The first-order chi connectivity index (χ1) is 8.70. The molecule has 0 aromatic heterocycles. The second kappa shape index (κ2) is 4.47. The summed E-state index contributed by atoms with van der Waals surface area (Å²) in [5, 5.41) is 2.74. The van der Waals surface area contributed by atoms with Gasteiger partial charge in [-0.05, 0) is 26.7 Å². The van der Waals surface area contributed by atoms with Crippen LogP contribution in [-0.2, 0) is 19.4 Å². The fourth-order valence-electron chi connectivity index (χ4n) is 2.73. The van der Waals surface area contributed by atoms with E-state index in [9.17, 15) is 18.0 Å². The van der Waals surface area contributed by atoms with E-state index in [4.69, 9.17) is 0 Å². The number of hydrogen-bond donors (Lipinski definition) is 1. The van der Waals surface area contributed by atoms with Crippen molar-refractivity contribution in [1.82, 2.24) is 10.2 Å². The number of piperazine rings is 1. The molecule has 6 nitrogen and oxygen atoms in total. The predicted molar refractivity (Wildman–Crippen MR) is 70.2 cm³/mol. The van der Waals surface area contributed by atoms with E-state index in [1.165, 1.54) is 4.90 Å². The highest BCUT2D eigenvalue weighted by Crippen LogP contribution is 2.27. The molecule has 2 rings (SSSR count). The summed E-state index contributed by atoms with van der Waals surface area (Å²) >= 11 is 0. The van der Waals surface area contributed by atoms with Gasteiger partial charge in [-0.15, -0.1) is 0 Å². The van der Waals surface area contributed by atoms with E-state index in [0.717, 1.165) is 0 Å². The third-order valence-electron chi connectivity index (χ3n) is 4.21. The Balaban J connectivity index is 2.32. The molecule has 0 bridgehead atoms. The van der Waals surface area contributed by atoms with Gasteiger partial charge >= 0.3 is 0 Å². The lowest BCUT2D eigenvalue weighted by Crippen LogP contribution is -2.70. The van der Waals surface area contributed by atoms with Crippen molar-refractivity contribution in [2.75, 3.05) is 11.5 Å². The fraction of sp³-hybridized carbons (Fsp3) is 0.833. The number of amides is 2. The minimum Gasteiger partial charge on any atom is -0.340 e. The fourth-order valence-corrected chi connectivity index (χ4v) is 4.44. The largest absolute Gasteiger partial charge is 0.340 e. The van der Waals surface area contributed by atoms with Crippen LogP contribution in [0.2, 0.25) is 0 Å². The van der Waals surface area contributed by atoms with Gasteiger partial charge in [0, 0.05) is 6.04 Å². The van der Waals surface area contributed by atoms with Crippen LogP contribution >= 0.6 is 0 Å². The molecule has 2 saturated heterocycles. The summed E-state index contributed by atoms with van der Waals surface area (Å²) in [7, 11) is -3.08. The number of rotatable bonds is 2. The van der Waals surface area contributed by atoms with Crippen LogP contribution in [0, 0.1) is 0 Å². The topological polar surface area (TPSA) is 83.6 Å². The van der Waals surface area contributed by atoms with Crippen molar-refractivity contribution in [3.8, 4) is 0 Å². The Morgan fingerprint density at radius 2 is 2.05 bits per heavy atom. The maximum absolute atomic E-state index is 12.5. The first-order valence-electron chi connectivity index (χ1n) is 6.55. The molecule has 2 fully saturated rings. The molecule has 2 amide bonds. The predicted octanol–water partition coefficient (Wildman–Crippen LogP) is -0.311. The number of nitrogens with zero attached hydrogens (tertiary/aromatic N) is 1. The van der Waals surface area contributed by atoms with E-state index >= 15 is 0 Å². The Kier molecular flexibility index (Phi) is 3.36. The van der Waals surface area contributed by atoms with Crippen molar-refractivity contribution < 1.29 is 18.0 Å². The third kappa shape index (κ3) is 2.35. The molecule has 0 saturated carbocycles. The number of sulfone groups is 1. The van der Waals surface area contributed by atoms with Gasteiger partial charge in [0.2, 0.25) is 11.8 Å². The summed E-state index contributed by atoms with van der Waals surface area (Å²) in [6.45, 7) is 5.17. The molecule has 1 N–H and O–H groups in total. The van der Waals surface area contributed by atoms with Crippen molar-refractivity contribution in [3.63, 3.8) is 0 Å². The Bertz CT molecular complexity index is 516. The van der Waals surface area contributed by atoms with Gasteiger partial charge in [0.1, 0.15) is 11.6 Å². The Labute approximate surface area is 113 Å². The molecule has 0 spiro atoms. The van der Waals surface area contributed by atoms with Gasteiger partial charge in [0.15, 0.2) is 9.84 Å². The first kappa shape index (κ1) is 14.3. The van der Waals surface area contributed by atoms with Crippen LogP contribution in [0.5, 0.6) is 0 Å². The van der Waals surface area contributed by atoms with E-state index in [1.54, 1.807) is 13.8 Å². The van der Waals surface area contributed by atoms with Crippen molar-refractivity contribution in [2.24, 2.45) is 0 Å². The summed E-state index contributed by atoms with van der Waals surface area (Å²) in [6, 6.07) is -0.977. The highest BCUT2D eigenvalue weighted by molar-refractivity contribution is 7.91. The maximum Gasteiger partial charge on any atom is 0.248 e. The SMILES string of the molecule is CCC1(C)NC(=O)C(C)N(C2CCS(=O)(=O)C2)C1=O. The molecule has 0 aromatic carbocycles. The van der Waals surface area contributed by atoms with Crippen molar-refractivity contribution in [1.29, 1.82) is 0 Å². The second-order valence-electron chi connectivity index (χ2n) is 5.62. The molecule has 3 unspecified atom stereocenters. The van der Waals surface area contributed by atoms with Gasteiger partial charge in [0.05, 0.1) is 11.5 Å². The molecular formula is C12H20N2O4S. The minimum absolute atomic E-state index is 0.0316. The van der Waals surface area contributed by atoms with Gasteiger partial charge < -0.3 is 10.2 Å². The summed E-state index contributed by atoms with van der Waals surface area (Å²) < 4.78 is 23.1. The molecule has 2 aliphatic heterocycles. The maximum atomic E-state index is 12.5. The zero-order valence-electron chi connectivity index (χ0n) is 11.5. The van der Waals surface area contributed by atoms with Crippen molar-refractivity contribution >= 4 is 21.7 Å². The quantitative estimate of drug-likeness (QED) is 0.755. The molecule has 2 aliphatic rings. The lowest BCUT2D eigenvalue weighted by Gasteiger charge is -2.45. The molecule has 0 aliphatic carbocycles. The highest BCUT2D eigenvalue weighted by atomic mass is 32.2. The van der Waals surface area contributed by atoms with Gasteiger partial charge in [-0.2, -0.15) is 0 Å². The van der Waals surface area contributed by atoms with Gasteiger partial charge in [-0.25, -0.2) is 8.42 Å². The van der Waals surface area contributed by atoms with Crippen LogP contribution in [0.3, 0.4) is 0 Å². The normalized spacial score (nSPS) is 38.4. The van der Waals surface area contributed by atoms with E-state index in [0.29, 0.717) is 12.8 Å². The number of carbonyl (C=O) groups excluding carboxylic acids is 2. The van der Waals surface area contributed by atoms with Gasteiger partial charge in [-0.3, -0.25) is 9.59 Å². The molecule has 0 radical (unpaired) electrons. The smallest absolute Gasteiger partial charge is 0.248 e. The molecule has 7 heteroatoms. The van der Waals surface area contributed by atoms with Crippen molar-refractivity contribution in [3.05, 3.63) is 0 Å². The first-order valence-corrected chi connectivity index (χ1v) is 8.37. The Hall–Kier alpha value is -1.11. The second-order valence-corrected chi connectivity index (χ2v) is 7.85. The molecule has 108 valence electrons. The lowest BCUT2D eigenvalue weighted by molar-refractivity contribution is -0.156. The zero-order chi connectivity index (χ0) is 14.4. The summed E-state index contributed by atoms with van der Waals surface area (Å²) in [6.07, 6.45) is 0.908. The van der Waals surface area contributed by atoms with Crippen molar-refractivity contribution in [2.45, 2.75) is 51.2 Å². The summed E-state index contributed by atoms with van der Waals surface area (Å²) in [4.78, 5) is 26.0. The molecule has 19 heavy (non-hydrogen) atoms. The van der Waals surface area contributed by atoms with Crippen LogP contribution in [0.25, 0.3) is 0 Å². The number of nitrogens with one attached hydrogen (secondary N) is 1. The standard InChI is InChI=1S/C12H20N2O4S/c1-4-12(3)11(16)14(8(2)10(15)13-12)9-5-6-19(17,18)7-9/h8-9H,4-7H2,1-3H3,(H,13,15). The highest BCUT2D eigenvalue weighted by Gasteiger charge is 2.49. The van der Waals surface area contributed by atoms with Crippen LogP contribution in [-0.4, -0.2) is 54.3 Å². The average Bonchev–Trinajstić information content (AvgIpc) is 2.67. The molecule has 0 aromatic rings. The number of carbonyl (C=O) groups is 2. The van der Waals surface area contributed by atoms with Crippen LogP contribution in [0.15, 0.2) is 0 Å². The van der Waals surface area contributed by atoms with E-state index in [-0.39, 0.29) is 29.4 Å². The van der Waals surface area contributed by atoms with Gasteiger partial charge in [0.25, 0.3) is 0 Å². The lowest BCUT2D eigenvalue weighted by atomic mass is 9.91. The summed E-state index contributed by atoms with van der Waals surface area (Å²) in [5.41, 5.74) is -0.921. The third-order valence-corrected chi connectivity index (χ3v) is 5.96. The van der Waals surface area contributed by atoms with Crippen LogP contribution < -0.4 is 5.32 Å².